The molecule has 0 radical (unpaired) electrons. The van der Waals surface area contributed by atoms with Crippen molar-refractivity contribution >= 4 is 0 Å². The summed E-state index contributed by atoms with van der Waals surface area (Å²) < 4.78 is 2.24. The molecule has 3 rings (SSSR count). The van der Waals surface area contributed by atoms with Crippen molar-refractivity contribution in [2.45, 2.75) is 44.7 Å². The van der Waals surface area contributed by atoms with Crippen LogP contribution < -0.4 is 5.32 Å². The number of aryl methyl sites for hydroxylation is 2. The van der Waals surface area contributed by atoms with Crippen molar-refractivity contribution in [2.75, 3.05) is 7.05 Å². The van der Waals surface area contributed by atoms with E-state index in [1.54, 1.807) is 0 Å². The van der Waals surface area contributed by atoms with E-state index in [4.69, 9.17) is 0 Å². The van der Waals surface area contributed by atoms with Crippen molar-refractivity contribution in [3.8, 4) is 0 Å². The zero-order chi connectivity index (χ0) is 13.9. The van der Waals surface area contributed by atoms with Crippen LogP contribution in [0.4, 0.5) is 0 Å². The predicted molar refractivity (Wildman–Crippen MR) is 82.0 cm³/mol. The summed E-state index contributed by atoms with van der Waals surface area (Å²) in [7, 11) is 2.07. The summed E-state index contributed by atoms with van der Waals surface area (Å²) in [5.41, 5.74) is 3.05. The first-order chi connectivity index (χ1) is 9.83. The van der Waals surface area contributed by atoms with Gasteiger partial charge in [-0.3, -0.25) is 0 Å². The lowest BCUT2D eigenvalue weighted by molar-refractivity contribution is 0.441. The van der Waals surface area contributed by atoms with Gasteiger partial charge in [-0.15, -0.1) is 0 Å². The number of imidazole rings is 1. The number of aromatic nitrogens is 2. The lowest BCUT2D eigenvalue weighted by Crippen LogP contribution is -2.34. The predicted octanol–water partition coefficient (Wildman–Crippen LogP) is 2.76. The lowest BCUT2D eigenvalue weighted by Gasteiger charge is -2.24. The van der Waals surface area contributed by atoms with Gasteiger partial charge in [0, 0.05) is 37.3 Å². The Bertz CT molecular complexity index is 573. The monoisotopic (exact) mass is 269 g/mol. The van der Waals surface area contributed by atoms with Crippen molar-refractivity contribution in [3.63, 3.8) is 0 Å². The smallest absolute Gasteiger partial charge is 0.110 e. The zero-order valence-electron chi connectivity index (χ0n) is 12.3. The number of benzene rings is 1. The molecule has 106 valence electrons. The average molecular weight is 269 g/mol. The molecule has 1 aliphatic rings. The fourth-order valence-corrected chi connectivity index (χ4v) is 3.47. The first-order valence-electron chi connectivity index (χ1n) is 7.58. The van der Waals surface area contributed by atoms with Crippen LogP contribution in [0.15, 0.2) is 36.7 Å². The largest absolute Gasteiger partial charge is 0.335 e. The third-order valence-electron chi connectivity index (χ3n) is 4.58. The quantitative estimate of drug-likeness (QED) is 0.904. The fraction of sp³-hybridized carbons (Fsp3) is 0.471. The number of likely N-dealkylation sites (N-methyl/N-ethyl adjacent to an activating group) is 1. The van der Waals surface area contributed by atoms with Gasteiger partial charge in [-0.25, -0.2) is 4.98 Å². The lowest BCUT2D eigenvalue weighted by atomic mass is 9.91. The molecule has 1 heterocycles. The minimum atomic E-state index is 0.464. The highest BCUT2D eigenvalue weighted by Crippen LogP contribution is 2.36. The number of rotatable bonds is 5. The second-order valence-corrected chi connectivity index (χ2v) is 5.57. The molecule has 3 heteroatoms. The van der Waals surface area contributed by atoms with E-state index in [1.165, 1.54) is 29.8 Å². The van der Waals surface area contributed by atoms with E-state index in [-0.39, 0.29) is 0 Å². The summed E-state index contributed by atoms with van der Waals surface area (Å²) in [4.78, 5) is 4.53. The van der Waals surface area contributed by atoms with Gasteiger partial charge in [0.25, 0.3) is 0 Å². The van der Waals surface area contributed by atoms with Crippen LogP contribution in [0, 0.1) is 0 Å². The van der Waals surface area contributed by atoms with Gasteiger partial charge in [-0.05, 0) is 37.9 Å². The summed E-state index contributed by atoms with van der Waals surface area (Å²) in [5, 5.41) is 3.52. The maximum atomic E-state index is 4.53. The third-order valence-corrected chi connectivity index (χ3v) is 4.58. The first kappa shape index (κ1) is 13.4. The number of hydrogen-bond acceptors (Lipinski definition) is 2. The molecule has 3 nitrogen and oxygen atoms in total. The molecular formula is C17H23N3. The Morgan fingerprint density at radius 1 is 1.40 bits per heavy atom. The van der Waals surface area contributed by atoms with E-state index in [2.05, 4.69) is 59.3 Å². The Kier molecular flexibility index (Phi) is 3.88. The van der Waals surface area contributed by atoms with Crippen LogP contribution in [-0.2, 0) is 19.4 Å². The normalized spacial score (nSPS) is 19.0. The van der Waals surface area contributed by atoms with Crippen molar-refractivity contribution in [1.29, 1.82) is 0 Å². The highest BCUT2D eigenvalue weighted by molar-refractivity contribution is 5.36. The number of nitrogens with one attached hydrogen (secondary N) is 1. The van der Waals surface area contributed by atoms with Gasteiger partial charge in [0.2, 0.25) is 0 Å². The number of hydrogen-bond donors (Lipinski definition) is 1. The molecule has 0 saturated heterocycles. The first-order valence-corrected chi connectivity index (χ1v) is 7.58. The maximum absolute atomic E-state index is 4.53. The van der Waals surface area contributed by atoms with Gasteiger partial charge >= 0.3 is 0 Å². The average Bonchev–Trinajstić information content (AvgIpc) is 3.11. The molecule has 20 heavy (non-hydrogen) atoms. The Labute approximate surface area is 121 Å². The summed E-state index contributed by atoms with van der Waals surface area (Å²) in [6.45, 7) is 3.16. The summed E-state index contributed by atoms with van der Waals surface area (Å²) in [5.74, 6) is 1.80. The van der Waals surface area contributed by atoms with E-state index in [1.807, 2.05) is 6.20 Å². The van der Waals surface area contributed by atoms with Crippen LogP contribution in [0.5, 0.6) is 0 Å². The molecule has 0 bridgehead atoms. The minimum absolute atomic E-state index is 0.464. The summed E-state index contributed by atoms with van der Waals surface area (Å²) in [6, 6.07) is 9.35. The molecule has 0 amide bonds. The highest BCUT2D eigenvalue weighted by Gasteiger charge is 2.29. The number of fused-ring (bicyclic) bond motifs is 1. The van der Waals surface area contributed by atoms with Crippen molar-refractivity contribution in [1.82, 2.24) is 14.9 Å². The molecule has 0 aliphatic heterocycles. The molecule has 0 spiro atoms. The molecular weight excluding hydrogens is 246 g/mol. The van der Waals surface area contributed by atoms with Gasteiger partial charge in [0.05, 0.1) is 0 Å². The van der Waals surface area contributed by atoms with Gasteiger partial charge in [0.15, 0.2) is 0 Å². The van der Waals surface area contributed by atoms with E-state index >= 15 is 0 Å². The standard InChI is InChI=1S/C17H23N3/c1-3-20-11-10-19-17(20)12-16(18-2)15-9-8-13-6-4-5-7-14(13)15/h4-7,10-11,15-16,18H,3,8-9,12H2,1-2H3. The highest BCUT2D eigenvalue weighted by atomic mass is 15.1. The van der Waals surface area contributed by atoms with E-state index in [9.17, 15) is 0 Å². The van der Waals surface area contributed by atoms with Crippen LogP contribution in [0.3, 0.4) is 0 Å². The van der Waals surface area contributed by atoms with Gasteiger partial charge < -0.3 is 9.88 Å². The SMILES string of the molecule is CCn1ccnc1CC(NC)C1CCc2ccccc21. The third kappa shape index (κ3) is 2.38. The molecule has 1 aliphatic carbocycles. The van der Waals surface area contributed by atoms with Gasteiger partial charge in [0.1, 0.15) is 5.82 Å². The molecule has 2 unspecified atom stereocenters. The maximum Gasteiger partial charge on any atom is 0.110 e. The second kappa shape index (κ2) is 5.80. The van der Waals surface area contributed by atoms with Crippen molar-refractivity contribution < 1.29 is 0 Å². The molecule has 0 fully saturated rings. The Hall–Kier alpha value is -1.61. The van der Waals surface area contributed by atoms with Crippen LogP contribution in [0.1, 0.15) is 36.2 Å². The summed E-state index contributed by atoms with van der Waals surface area (Å²) >= 11 is 0. The van der Waals surface area contributed by atoms with Crippen LogP contribution >= 0.6 is 0 Å². The van der Waals surface area contributed by atoms with Crippen LogP contribution in [0.25, 0.3) is 0 Å². The van der Waals surface area contributed by atoms with Crippen LogP contribution in [0.2, 0.25) is 0 Å². The zero-order valence-corrected chi connectivity index (χ0v) is 12.3. The van der Waals surface area contributed by atoms with Crippen molar-refractivity contribution in [3.05, 3.63) is 53.6 Å². The Balaban J connectivity index is 1.81. The Morgan fingerprint density at radius 2 is 2.25 bits per heavy atom. The fourth-order valence-electron chi connectivity index (χ4n) is 3.47. The molecule has 1 aromatic heterocycles. The van der Waals surface area contributed by atoms with E-state index in [0.29, 0.717) is 12.0 Å². The molecule has 2 aromatic rings. The minimum Gasteiger partial charge on any atom is -0.335 e. The van der Waals surface area contributed by atoms with E-state index in [0.717, 1.165) is 13.0 Å². The van der Waals surface area contributed by atoms with Gasteiger partial charge in [-0.2, -0.15) is 0 Å². The second-order valence-electron chi connectivity index (χ2n) is 5.57. The molecule has 1 N–H and O–H groups in total. The Morgan fingerprint density at radius 3 is 3.05 bits per heavy atom. The van der Waals surface area contributed by atoms with E-state index < -0.39 is 0 Å². The molecule has 1 aromatic carbocycles. The van der Waals surface area contributed by atoms with Crippen molar-refractivity contribution in [2.24, 2.45) is 0 Å². The molecule has 2 atom stereocenters. The van der Waals surface area contributed by atoms with Gasteiger partial charge in [-0.1, -0.05) is 24.3 Å². The number of nitrogens with zero attached hydrogens (tertiary/aromatic N) is 2. The topological polar surface area (TPSA) is 29.9 Å². The summed E-state index contributed by atoms with van der Waals surface area (Å²) in [6.07, 6.45) is 7.44. The molecule has 0 saturated carbocycles. The van der Waals surface area contributed by atoms with Crippen LogP contribution in [-0.4, -0.2) is 22.6 Å².